The van der Waals surface area contributed by atoms with E-state index in [9.17, 15) is 9.59 Å². The van der Waals surface area contributed by atoms with E-state index in [1.807, 2.05) is 18.2 Å². The molecule has 0 radical (unpaired) electrons. The molecule has 1 heterocycles. The number of halogens is 2. The molecular weight excluding hydrogens is 383 g/mol. The standard InChI is InChI=1S/C21H16Cl2N2O2/c1-14(21(27)24-19-12-17(22)11-18(23)13-19)25-9-7-16(8-10-25)20(26)15-5-3-2-4-6-15/h2-14H,1H3/p+1/t14-/m0/s1. The van der Waals surface area contributed by atoms with Crippen LogP contribution in [0.4, 0.5) is 5.69 Å². The van der Waals surface area contributed by atoms with E-state index in [2.05, 4.69) is 5.32 Å². The average molecular weight is 400 g/mol. The van der Waals surface area contributed by atoms with Crippen molar-refractivity contribution in [3.8, 4) is 0 Å². The maximum atomic E-state index is 12.5. The van der Waals surface area contributed by atoms with Gasteiger partial charge in [-0.2, -0.15) is 4.57 Å². The number of hydrogen-bond acceptors (Lipinski definition) is 2. The summed E-state index contributed by atoms with van der Waals surface area (Å²) >= 11 is 11.9. The van der Waals surface area contributed by atoms with E-state index in [4.69, 9.17) is 23.2 Å². The van der Waals surface area contributed by atoms with Crippen molar-refractivity contribution in [1.29, 1.82) is 0 Å². The zero-order chi connectivity index (χ0) is 19.4. The molecule has 0 saturated carbocycles. The van der Waals surface area contributed by atoms with Crippen LogP contribution in [0.25, 0.3) is 0 Å². The van der Waals surface area contributed by atoms with E-state index in [1.54, 1.807) is 66.3 Å². The molecule has 1 N–H and O–H groups in total. The largest absolute Gasteiger partial charge is 0.320 e. The zero-order valence-corrected chi connectivity index (χ0v) is 16.0. The fourth-order valence-corrected chi connectivity index (χ4v) is 3.14. The first-order valence-electron chi connectivity index (χ1n) is 8.31. The zero-order valence-electron chi connectivity index (χ0n) is 14.5. The molecule has 1 amide bonds. The van der Waals surface area contributed by atoms with E-state index in [0.29, 0.717) is 26.9 Å². The highest BCUT2D eigenvalue weighted by molar-refractivity contribution is 6.35. The van der Waals surface area contributed by atoms with Gasteiger partial charge in [-0.25, -0.2) is 0 Å². The SMILES string of the molecule is C[C@@H](C(=O)Nc1cc(Cl)cc(Cl)c1)[n+]1ccc(C(=O)c2ccccc2)cc1. The summed E-state index contributed by atoms with van der Waals surface area (Å²) in [6.07, 6.45) is 3.43. The van der Waals surface area contributed by atoms with Gasteiger partial charge in [0.1, 0.15) is 0 Å². The summed E-state index contributed by atoms with van der Waals surface area (Å²) < 4.78 is 1.73. The van der Waals surface area contributed by atoms with Crippen molar-refractivity contribution in [2.45, 2.75) is 13.0 Å². The van der Waals surface area contributed by atoms with Gasteiger partial charge in [-0.15, -0.1) is 0 Å². The van der Waals surface area contributed by atoms with Crippen LogP contribution in [0, 0.1) is 0 Å². The molecule has 0 aliphatic heterocycles. The van der Waals surface area contributed by atoms with Crippen molar-refractivity contribution < 1.29 is 14.2 Å². The third-order valence-corrected chi connectivity index (χ3v) is 4.54. The smallest absolute Gasteiger partial charge is 0.293 e. The topological polar surface area (TPSA) is 50.1 Å². The highest BCUT2D eigenvalue weighted by Gasteiger charge is 2.22. The van der Waals surface area contributed by atoms with E-state index in [0.717, 1.165) is 0 Å². The normalized spacial score (nSPS) is 11.7. The second-order valence-electron chi connectivity index (χ2n) is 6.05. The monoisotopic (exact) mass is 399 g/mol. The number of carbonyl (C=O) groups excluding carboxylic acids is 2. The number of pyridine rings is 1. The van der Waals surface area contributed by atoms with Gasteiger partial charge in [0.05, 0.1) is 0 Å². The Morgan fingerprint density at radius 3 is 2.04 bits per heavy atom. The van der Waals surface area contributed by atoms with Gasteiger partial charge in [0.25, 0.3) is 5.91 Å². The molecule has 1 atom stereocenters. The molecule has 0 spiro atoms. The number of aromatic nitrogens is 1. The lowest BCUT2D eigenvalue weighted by atomic mass is 10.0. The van der Waals surface area contributed by atoms with Gasteiger partial charge in [-0.05, 0) is 18.2 Å². The molecule has 0 aliphatic rings. The minimum absolute atomic E-state index is 0.0616. The molecule has 0 bridgehead atoms. The van der Waals surface area contributed by atoms with Crippen LogP contribution in [0.1, 0.15) is 28.9 Å². The number of rotatable bonds is 5. The number of carbonyl (C=O) groups is 2. The first kappa shape index (κ1) is 19.1. The third kappa shape index (κ3) is 4.73. The minimum Gasteiger partial charge on any atom is -0.320 e. The molecule has 0 saturated heterocycles. The molecule has 0 unspecified atom stereocenters. The summed E-state index contributed by atoms with van der Waals surface area (Å²) in [5.41, 5.74) is 1.71. The number of nitrogens with zero attached hydrogens (tertiary/aromatic N) is 1. The Balaban J connectivity index is 1.72. The molecule has 27 heavy (non-hydrogen) atoms. The van der Waals surface area contributed by atoms with Gasteiger partial charge in [-0.1, -0.05) is 53.5 Å². The Kier molecular flexibility index (Phi) is 5.89. The van der Waals surface area contributed by atoms with Crippen molar-refractivity contribution in [3.05, 3.63) is 94.2 Å². The number of anilines is 1. The second-order valence-corrected chi connectivity index (χ2v) is 6.93. The average Bonchev–Trinajstić information content (AvgIpc) is 2.67. The number of hydrogen-bond donors (Lipinski definition) is 1. The van der Waals surface area contributed by atoms with Crippen LogP contribution in [-0.2, 0) is 4.79 Å². The fourth-order valence-electron chi connectivity index (χ4n) is 2.61. The van der Waals surface area contributed by atoms with E-state index in [1.165, 1.54) is 0 Å². The van der Waals surface area contributed by atoms with Gasteiger partial charge in [0.2, 0.25) is 6.04 Å². The van der Waals surface area contributed by atoms with Crippen LogP contribution in [-0.4, -0.2) is 11.7 Å². The lowest BCUT2D eigenvalue weighted by Gasteiger charge is -2.10. The van der Waals surface area contributed by atoms with Crippen molar-refractivity contribution in [1.82, 2.24) is 0 Å². The van der Waals surface area contributed by atoms with Crippen LogP contribution in [0.2, 0.25) is 10.0 Å². The Hall–Kier alpha value is -2.69. The molecule has 6 heteroatoms. The van der Waals surface area contributed by atoms with Crippen LogP contribution < -0.4 is 9.88 Å². The summed E-state index contributed by atoms with van der Waals surface area (Å²) in [7, 11) is 0. The maximum Gasteiger partial charge on any atom is 0.293 e. The predicted octanol–water partition coefficient (Wildman–Crippen LogP) is 4.71. The Morgan fingerprint density at radius 2 is 1.44 bits per heavy atom. The quantitative estimate of drug-likeness (QED) is 0.498. The Morgan fingerprint density at radius 1 is 0.889 bits per heavy atom. The Labute approximate surface area is 167 Å². The van der Waals surface area contributed by atoms with Crippen molar-refractivity contribution >= 4 is 40.6 Å². The molecule has 1 aromatic heterocycles. The summed E-state index contributed by atoms with van der Waals surface area (Å²) in [5, 5.41) is 3.68. The van der Waals surface area contributed by atoms with Gasteiger partial charge in [0, 0.05) is 45.9 Å². The molecule has 3 rings (SSSR count). The maximum absolute atomic E-state index is 12.5. The van der Waals surface area contributed by atoms with Crippen molar-refractivity contribution in [2.75, 3.05) is 5.32 Å². The number of amides is 1. The van der Waals surface area contributed by atoms with E-state index < -0.39 is 6.04 Å². The summed E-state index contributed by atoms with van der Waals surface area (Å²) in [5.74, 6) is -0.283. The van der Waals surface area contributed by atoms with Crippen LogP contribution in [0.15, 0.2) is 73.1 Å². The van der Waals surface area contributed by atoms with E-state index >= 15 is 0 Å². The highest BCUT2D eigenvalue weighted by Crippen LogP contribution is 2.22. The summed E-state index contributed by atoms with van der Waals surface area (Å²) in [4.78, 5) is 24.9. The number of ketones is 1. The van der Waals surface area contributed by atoms with Crippen LogP contribution >= 0.6 is 23.2 Å². The lowest BCUT2D eigenvalue weighted by molar-refractivity contribution is -0.705. The number of benzene rings is 2. The third-order valence-electron chi connectivity index (χ3n) is 4.11. The molecule has 3 aromatic rings. The van der Waals surface area contributed by atoms with Crippen LogP contribution in [0.3, 0.4) is 0 Å². The lowest BCUT2D eigenvalue weighted by Crippen LogP contribution is -2.44. The molecule has 4 nitrogen and oxygen atoms in total. The molecule has 136 valence electrons. The Bertz CT molecular complexity index is 953. The molecule has 0 fully saturated rings. The van der Waals surface area contributed by atoms with Gasteiger partial charge < -0.3 is 5.32 Å². The van der Waals surface area contributed by atoms with Crippen LogP contribution in [0.5, 0.6) is 0 Å². The van der Waals surface area contributed by atoms with E-state index in [-0.39, 0.29) is 11.7 Å². The fraction of sp³-hybridized carbons (Fsp3) is 0.0952. The first-order chi connectivity index (χ1) is 12.9. The highest BCUT2D eigenvalue weighted by atomic mass is 35.5. The van der Waals surface area contributed by atoms with Gasteiger partial charge >= 0.3 is 0 Å². The molecular formula is C21H17Cl2N2O2+. The summed E-state index contributed by atoms with van der Waals surface area (Å²) in [6, 6.07) is 16.8. The second kappa shape index (κ2) is 8.33. The van der Waals surface area contributed by atoms with Crippen molar-refractivity contribution in [2.24, 2.45) is 0 Å². The van der Waals surface area contributed by atoms with Crippen molar-refractivity contribution in [3.63, 3.8) is 0 Å². The minimum atomic E-state index is -0.483. The summed E-state index contributed by atoms with van der Waals surface area (Å²) in [6.45, 7) is 1.76. The van der Waals surface area contributed by atoms with Gasteiger partial charge in [-0.3, -0.25) is 9.59 Å². The number of nitrogens with one attached hydrogen (secondary N) is 1. The molecule has 0 aliphatic carbocycles. The van der Waals surface area contributed by atoms with Gasteiger partial charge in [0.15, 0.2) is 18.2 Å². The predicted molar refractivity (Wildman–Crippen MR) is 106 cm³/mol. The molecule has 2 aromatic carbocycles. The first-order valence-corrected chi connectivity index (χ1v) is 9.07.